The first-order valence-electron chi connectivity index (χ1n) is 31.1. The van der Waals surface area contributed by atoms with Crippen molar-refractivity contribution in [1.29, 1.82) is 0 Å². The van der Waals surface area contributed by atoms with Crippen LogP contribution in [0.4, 0.5) is 0 Å². The van der Waals surface area contributed by atoms with Crippen LogP contribution in [0.15, 0.2) is 11.6 Å². The highest BCUT2D eigenvalue weighted by atomic mass is 16.8. The Kier molecular flexibility index (Phi) is 19.4. The lowest BCUT2D eigenvalue weighted by atomic mass is 9.33. The Labute approximate surface area is 506 Å². The molecule has 27 heteroatoms. The maximum Gasteiger partial charge on any atom is 0.335 e. The molecule has 10 aliphatic rings. The molecule has 0 bridgehead atoms. The highest BCUT2D eigenvalue weighted by molar-refractivity contribution is 5.73. The summed E-state index contributed by atoms with van der Waals surface area (Å²) in [5.74, 6) is -1.69. The second kappa shape index (κ2) is 24.8. The fourth-order valence-electron chi connectivity index (χ4n) is 18.1. The summed E-state index contributed by atoms with van der Waals surface area (Å²) < 4.78 is 61.1. The van der Waals surface area contributed by atoms with Gasteiger partial charge in [0.2, 0.25) is 0 Å². The maximum absolute atomic E-state index is 12.6. The zero-order chi connectivity index (χ0) is 63.7. The van der Waals surface area contributed by atoms with Gasteiger partial charge in [0.1, 0.15) is 104 Å². The summed E-state index contributed by atoms with van der Waals surface area (Å²) in [7, 11) is 0. The quantitative estimate of drug-likeness (QED) is 0.0625. The Morgan fingerprint density at radius 1 is 0.494 bits per heavy atom. The topological polar surface area (TPSA) is 433 Å². The fraction of sp³-hybridized carbons (Fsp3) is 0.950. The van der Waals surface area contributed by atoms with Crippen molar-refractivity contribution in [2.24, 2.45) is 50.2 Å². The molecule has 0 radical (unpaired) electrons. The summed E-state index contributed by atoms with van der Waals surface area (Å²) in [5.41, 5.74) is -1.34. The Balaban J connectivity index is 0.875. The number of hydrogen-bond acceptors (Lipinski definition) is 26. The summed E-state index contributed by atoms with van der Waals surface area (Å²) in [4.78, 5) is 12.6. The van der Waals surface area contributed by atoms with Crippen molar-refractivity contribution in [2.75, 3.05) is 19.8 Å². The third-order valence-electron chi connectivity index (χ3n) is 23.7. The number of carboxylic acids is 1. The molecule has 5 heterocycles. The largest absolute Gasteiger partial charge is 0.479 e. The highest BCUT2D eigenvalue weighted by Gasteiger charge is 2.70. The van der Waals surface area contributed by atoms with Gasteiger partial charge in [0, 0.05) is 10.8 Å². The lowest BCUT2D eigenvalue weighted by Crippen LogP contribution is -2.68. The number of carboxylic acid groups (broad SMARTS) is 1. The molecule has 35 atom stereocenters. The third-order valence-corrected chi connectivity index (χ3v) is 23.7. The predicted molar refractivity (Wildman–Crippen MR) is 294 cm³/mol. The number of aliphatic hydroxyl groups is 15. The van der Waals surface area contributed by atoms with Crippen LogP contribution in [0.3, 0.4) is 0 Å². The number of hydrogen-bond donors (Lipinski definition) is 16. The van der Waals surface area contributed by atoms with Gasteiger partial charge in [-0.05, 0) is 111 Å². The van der Waals surface area contributed by atoms with Gasteiger partial charge in [-0.2, -0.15) is 0 Å². The monoisotopic (exact) mass is 1250 g/mol. The average Bonchev–Trinajstić information content (AvgIpc) is 0.679. The minimum absolute atomic E-state index is 0.0427. The second-order valence-corrected chi connectivity index (χ2v) is 29.2. The molecule has 16 N–H and O–H groups in total. The van der Waals surface area contributed by atoms with Crippen LogP contribution >= 0.6 is 0 Å². The number of allylic oxidation sites excluding steroid dienone is 2. The van der Waals surface area contributed by atoms with Crippen LogP contribution in [-0.4, -0.2) is 273 Å². The highest BCUT2D eigenvalue weighted by Crippen LogP contribution is 2.76. The number of aliphatic carboxylic acids is 1. The predicted octanol–water partition coefficient (Wildman–Crippen LogP) is -2.62. The number of rotatable bonds is 14. The van der Waals surface area contributed by atoms with Gasteiger partial charge in [-0.3, -0.25) is 0 Å². The third kappa shape index (κ3) is 11.3. The SMILES string of the molecule is C[C@@H]1O[C@@H](O[C@H]2[C@H](O[C@H]3[C@H](O[C@H]4CC[C@@]5(C)C(CC[C@]6(C)C5CC=C5[C@@H]7CC(C)(C)C[C@@H](O[C@@H]8O[C@@H](C)[C@H](O[C@@H]9O[C@H](CO)[C@@H](O)[C@H](O)[C@H]9O)[C@@H](O)[C@H]8O)[C@]7(C)CC[C@]56C)[C@@]4(C)CO)O[C@H](C(=O)O)[C@@H](O)[C@@H]3O)O[C@H](CO)[C@H](O)[C@@H]2O)[C@H](O)[C@H](O)[C@H]1O. The first kappa shape index (κ1) is 68.1. The van der Waals surface area contributed by atoms with E-state index in [9.17, 15) is 86.5 Å². The Morgan fingerprint density at radius 2 is 1.00 bits per heavy atom. The summed E-state index contributed by atoms with van der Waals surface area (Å²) in [6, 6.07) is 0. The van der Waals surface area contributed by atoms with E-state index in [1.165, 1.54) is 12.5 Å². The van der Waals surface area contributed by atoms with Crippen molar-refractivity contribution in [3.63, 3.8) is 0 Å². The van der Waals surface area contributed by atoms with Crippen molar-refractivity contribution in [3.8, 4) is 0 Å². The second-order valence-electron chi connectivity index (χ2n) is 29.2. The molecule has 0 spiro atoms. The van der Waals surface area contributed by atoms with E-state index in [1.54, 1.807) is 6.92 Å². The van der Waals surface area contributed by atoms with Crippen LogP contribution in [0.5, 0.6) is 0 Å². The number of ether oxygens (including phenoxy) is 10. The lowest BCUT2D eigenvalue weighted by molar-refractivity contribution is -0.396. The summed E-state index contributed by atoms with van der Waals surface area (Å²) in [5, 5.41) is 174. The van der Waals surface area contributed by atoms with E-state index in [0.717, 1.165) is 32.1 Å². The zero-order valence-corrected chi connectivity index (χ0v) is 51.0. The first-order valence-corrected chi connectivity index (χ1v) is 31.1. The van der Waals surface area contributed by atoms with Crippen LogP contribution in [0, 0.1) is 50.2 Å². The normalized spacial score (nSPS) is 56.0. The van der Waals surface area contributed by atoms with E-state index < -0.39 is 201 Å². The van der Waals surface area contributed by atoms with Gasteiger partial charge >= 0.3 is 5.97 Å². The van der Waals surface area contributed by atoms with E-state index in [-0.39, 0.29) is 40.6 Å². The molecule has 4 saturated carbocycles. The Hall–Kier alpha value is -1.79. The standard InChI is InChI=1S/C60H98O27/c1-23-33(64)36(67)42(73)51(78-23)86-47-38(69)35(66)28(21-62)81-53(47)87-48-40(71)39(70)46(49(76)77)85-54(48)82-31-13-14-57(6)29(58(31,7)22-63)12-15-60(9)30(57)11-10-25-26-18-55(3,4)19-32(56(26,5)16-17-59(25,60)8)83-50-44(75)41(72)45(24(2)79-50)84-52-43(74)37(68)34(65)27(20-61)80-52/h10,23-24,26-48,50-54,61-75H,11-22H2,1-9H3,(H,76,77)/t23-,24-,26-,27+,28+,29?,30?,31-,32+,33-,34+,35-,36+,37-,38-,39-,40-,41-,42+,43+,44+,45-,46-,47+,48+,50-,51-,52-,53-,54+,56+,57-,58+,59+,60+/m0/s1. The number of aliphatic hydroxyl groups excluding tert-OH is 15. The summed E-state index contributed by atoms with van der Waals surface area (Å²) in [6.07, 6.45) is -34.4. The van der Waals surface area contributed by atoms with Crippen LogP contribution in [-0.2, 0) is 52.2 Å². The smallest absolute Gasteiger partial charge is 0.335 e. The van der Waals surface area contributed by atoms with Crippen molar-refractivity contribution < 1.29 is 134 Å². The molecular weight excluding hydrogens is 1150 g/mol. The Morgan fingerprint density at radius 3 is 1.62 bits per heavy atom. The van der Waals surface area contributed by atoms with E-state index in [2.05, 4.69) is 47.6 Å². The fourth-order valence-corrected chi connectivity index (χ4v) is 18.1. The average molecular weight is 1250 g/mol. The van der Waals surface area contributed by atoms with E-state index in [0.29, 0.717) is 25.7 Å². The molecule has 27 nitrogen and oxygen atoms in total. The molecule has 500 valence electrons. The van der Waals surface area contributed by atoms with Gasteiger partial charge in [0.25, 0.3) is 0 Å². The van der Waals surface area contributed by atoms with Gasteiger partial charge < -0.3 is 129 Å². The van der Waals surface area contributed by atoms with Crippen molar-refractivity contribution >= 4 is 5.97 Å². The van der Waals surface area contributed by atoms with Crippen LogP contribution in [0.1, 0.15) is 120 Å². The molecule has 2 unspecified atom stereocenters. The van der Waals surface area contributed by atoms with Crippen molar-refractivity contribution in [1.82, 2.24) is 0 Å². The van der Waals surface area contributed by atoms with E-state index in [4.69, 9.17) is 47.4 Å². The van der Waals surface area contributed by atoms with E-state index in [1.807, 2.05) is 6.92 Å². The molecule has 0 amide bonds. The van der Waals surface area contributed by atoms with Crippen LogP contribution in [0.2, 0.25) is 0 Å². The van der Waals surface area contributed by atoms with Crippen LogP contribution < -0.4 is 0 Å². The van der Waals surface area contributed by atoms with Gasteiger partial charge in [0.05, 0.1) is 44.2 Å². The lowest BCUT2D eigenvalue weighted by Gasteiger charge is -2.72. The maximum atomic E-state index is 12.6. The molecular formula is C60H98O27. The molecule has 0 aromatic carbocycles. The molecule has 5 aliphatic heterocycles. The molecule has 0 aromatic rings. The van der Waals surface area contributed by atoms with Gasteiger partial charge in [-0.25, -0.2) is 4.79 Å². The number of fused-ring (bicyclic) bond motifs is 7. The minimum Gasteiger partial charge on any atom is -0.479 e. The van der Waals surface area contributed by atoms with Crippen molar-refractivity contribution in [2.45, 2.75) is 286 Å². The molecule has 0 aromatic heterocycles. The minimum atomic E-state index is -2.12. The van der Waals surface area contributed by atoms with Gasteiger partial charge in [0.15, 0.2) is 37.6 Å². The van der Waals surface area contributed by atoms with Gasteiger partial charge in [-0.1, -0.05) is 60.1 Å². The van der Waals surface area contributed by atoms with Crippen molar-refractivity contribution in [3.05, 3.63) is 11.6 Å². The summed E-state index contributed by atoms with van der Waals surface area (Å²) >= 11 is 0. The number of carbonyl (C=O) groups is 1. The zero-order valence-electron chi connectivity index (χ0n) is 51.0. The molecule has 5 saturated heterocycles. The van der Waals surface area contributed by atoms with Crippen LogP contribution in [0.25, 0.3) is 0 Å². The molecule has 10 rings (SSSR count). The van der Waals surface area contributed by atoms with E-state index >= 15 is 0 Å². The summed E-state index contributed by atoms with van der Waals surface area (Å²) in [6.45, 7) is 16.7. The Bertz CT molecular complexity index is 2440. The van der Waals surface area contributed by atoms with Gasteiger partial charge in [-0.15, -0.1) is 0 Å². The first-order chi connectivity index (χ1) is 40.7. The molecule has 5 aliphatic carbocycles. The molecule has 9 fully saturated rings. The molecule has 87 heavy (non-hydrogen) atoms.